The van der Waals surface area contributed by atoms with Crippen LogP contribution in [-0.2, 0) is 13.2 Å². The molecule has 0 unspecified atom stereocenters. The average Bonchev–Trinajstić information content (AvgIpc) is 2.80. The third-order valence-corrected chi connectivity index (χ3v) is 3.15. The Hall–Kier alpha value is -2.37. The van der Waals surface area contributed by atoms with Crippen LogP contribution in [0.25, 0.3) is 22.2 Å². The molecule has 2 aromatic carbocycles. The molecule has 0 saturated carbocycles. The normalized spacial score (nSPS) is 12.0. The van der Waals surface area contributed by atoms with Crippen molar-refractivity contribution in [3.05, 3.63) is 48.0 Å². The minimum atomic E-state index is -4.32. The topological polar surface area (TPSA) is 30.7 Å². The first-order chi connectivity index (χ1) is 9.47. The lowest BCUT2D eigenvalue weighted by Crippen LogP contribution is -2.04. The van der Waals surface area contributed by atoms with Gasteiger partial charge in [-0.1, -0.05) is 29.5 Å². The number of hydrogen-bond acceptors (Lipinski definition) is 2. The highest BCUT2D eigenvalue weighted by Gasteiger charge is 2.30. The highest BCUT2D eigenvalue weighted by atomic mass is 19.4. The highest BCUT2D eigenvalue weighted by molar-refractivity contribution is 5.91. The van der Waals surface area contributed by atoms with Crippen LogP contribution in [0.3, 0.4) is 0 Å². The molecule has 0 spiro atoms. The molecule has 20 heavy (non-hydrogen) atoms. The van der Waals surface area contributed by atoms with Crippen LogP contribution in [0, 0.1) is 0 Å². The van der Waals surface area contributed by atoms with Crippen molar-refractivity contribution >= 4 is 11.0 Å². The number of fused-ring (bicyclic) bond motifs is 1. The lowest BCUT2D eigenvalue weighted by molar-refractivity contribution is -0.137. The van der Waals surface area contributed by atoms with E-state index in [9.17, 15) is 13.2 Å². The first-order valence-corrected chi connectivity index (χ1v) is 5.93. The fourth-order valence-electron chi connectivity index (χ4n) is 2.18. The molecule has 0 aliphatic carbocycles. The molecule has 0 bridgehead atoms. The summed E-state index contributed by atoms with van der Waals surface area (Å²) in [6.07, 6.45) is -4.32. The lowest BCUT2D eigenvalue weighted by Gasteiger charge is -2.08. The van der Waals surface area contributed by atoms with Crippen molar-refractivity contribution in [1.29, 1.82) is 0 Å². The Morgan fingerprint density at radius 3 is 2.35 bits per heavy atom. The van der Waals surface area contributed by atoms with E-state index in [0.29, 0.717) is 11.1 Å². The molecule has 0 amide bonds. The van der Waals surface area contributed by atoms with Gasteiger partial charge in [0.25, 0.3) is 0 Å². The van der Waals surface area contributed by atoms with Crippen LogP contribution in [0.4, 0.5) is 13.2 Å². The van der Waals surface area contributed by atoms with Gasteiger partial charge in [0, 0.05) is 12.6 Å². The first-order valence-electron chi connectivity index (χ1n) is 5.93. The van der Waals surface area contributed by atoms with Crippen LogP contribution in [0.2, 0.25) is 0 Å². The fraction of sp³-hybridized carbons (Fsp3) is 0.143. The summed E-state index contributed by atoms with van der Waals surface area (Å²) in [5, 5.41) is 7.92. The van der Waals surface area contributed by atoms with Gasteiger partial charge in [-0.15, -0.1) is 5.10 Å². The Balaban J connectivity index is 2.14. The van der Waals surface area contributed by atoms with E-state index in [1.165, 1.54) is 12.1 Å². The second-order valence-electron chi connectivity index (χ2n) is 4.46. The average molecular weight is 277 g/mol. The highest BCUT2D eigenvalue weighted by Crippen LogP contribution is 2.32. The standard InChI is InChI=1S/C14H10F3N3/c1-20-13-11(3-2-4-12(13)18-19-20)9-5-7-10(8-6-9)14(15,16)17/h2-8H,1H3. The van der Waals surface area contributed by atoms with Gasteiger partial charge in [-0.3, -0.25) is 0 Å². The predicted molar refractivity (Wildman–Crippen MR) is 68.9 cm³/mol. The Morgan fingerprint density at radius 1 is 1.00 bits per heavy atom. The predicted octanol–water partition coefficient (Wildman–Crippen LogP) is 3.65. The minimum absolute atomic E-state index is 0.656. The Bertz CT molecular complexity index is 757. The number of nitrogens with zero attached hydrogens (tertiary/aromatic N) is 3. The monoisotopic (exact) mass is 277 g/mol. The maximum absolute atomic E-state index is 12.6. The molecule has 3 nitrogen and oxygen atoms in total. The third-order valence-electron chi connectivity index (χ3n) is 3.15. The fourth-order valence-corrected chi connectivity index (χ4v) is 2.18. The molecule has 0 aliphatic heterocycles. The van der Waals surface area contributed by atoms with Crippen molar-refractivity contribution < 1.29 is 13.2 Å². The van der Waals surface area contributed by atoms with Crippen molar-refractivity contribution in [2.45, 2.75) is 6.18 Å². The van der Waals surface area contributed by atoms with E-state index in [1.54, 1.807) is 11.7 Å². The maximum atomic E-state index is 12.6. The molecule has 102 valence electrons. The molecule has 3 aromatic rings. The number of aryl methyl sites for hydroxylation is 1. The number of halogens is 3. The van der Waals surface area contributed by atoms with E-state index in [2.05, 4.69) is 10.3 Å². The molecule has 0 N–H and O–H groups in total. The Kier molecular flexibility index (Phi) is 2.74. The summed E-state index contributed by atoms with van der Waals surface area (Å²) >= 11 is 0. The molecule has 6 heteroatoms. The summed E-state index contributed by atoms with van der Waals surface area (Å²) in [5.74, 6) is 0. The van der Waals surface area contributed by atoms with Crippen LogP contribution >= 0.6 is 0 Å². The van der Waals surface area contributed by atoms with Gasteiger partial charge in [0.1, 0.15) is 5.52 Å². The molecular weight excluding hydrogens is 267 g/mol. The first kappa shape index (κ1) is 12.7. The molecule has 1 aromatic heterocycles. The number of aromatic nitrogens is 3. The van der Waals surface area contributed by atoms with Crippen LogP contribution in [-0.4, -0.2) is 15.0 Å². The molecule has 0 saturated heterocycles. The van der Waals surface area contributed by atoms with E-state index in [-0.39, 0.29) is 0 Å². The van der Waals surface area contributed by atoms with E-state index in [4.69, 9.17) is 0 Å². The van der Waals surface area contributed by atoms with Gasteiger partial charge in [0.15, 0.2) is 0 Å². The Labute approximate surface area is 112 Å². The molecule has 0 aliphatic rings. The summed E-state index contributed by atoms with van der Waals surface area (Å²) in [5.41, 5.74) is 2.37. The van der Waals surface area contributed by atoms with Crippen molar-refractivity contribution in [2.75, 3.05) is 0 Å². The van der Waals surface area contributed by atoms with Crippen molar-refractivity contribution in [1.82, 2.24) is 15.0 Å². The van der Waals surface area contributed by atoms with Gasteiger partial charge in [-0.25, -0.2) is 4.68 Å². The summed E-state index contributed by atoms with van der Waals surface area (Å²) < 4.78 is 39.3. The summed E-state index contributed by atoms with van der Waals surface area (Å²) in [6, 6.07) is 10.6. The van der Waals surface area contributed by atoms with E-state index in [1.807, 2.05) is 18.2 Å². The molecule has 0 atom stereocenters. The maximum Gasteiger partial charge on any atom is 0.416 e. The van der Waals surface area contributed by atoms with E-state index >= 15 is 0 Å². The number of hydrogen-bond donors (Lipinski definition) is 0. The Morgan fingerprint density at radius 2 is 1.70 bits per heavy atom. The molecular formula is C14H10F3N3. The second kappa shape index (κ2) is 4.33. The van der Waals surface area contributed by atoms with Crippen LogP contribution in [0.5, 0.6) is 0 Å². The van der Waals surface area contributed by atoms with Crippen LogP contribution in [0.15, 0.2) is 42.5 Å². The SMILES string of the molecule is Cn1nnc2cccc(-c3ccc(C(F)(F)F)cc3)c21. The minimum Gasteiger partial charge on any atom is -0.247 e. The zero-order valence-corrected chi connectivity index (χ0v) is 10.5. The number of para-hydroxylation sites is 1. The molecule has 0 fully saturated rings. The van der Waals surface area contributed by atoms with Gasteiger partial charge in [0.05, 0.1) is 11.1 Å². The van der Waals surface area contributed by atoms with Gasteiger partial charge < -0.3 is 0 Å². The van der Waals surface area contributed by atoms with Crippen molar-refractivity contribution in [2.24, 2.45) is 7.05 Å². The zero-order valence-electron chi connectivity index (χ0n) is 10.5. The smallest absolute Gasteiger partial charge is 0.247 e. The number of benzene rings is 2. The van der Waals surface area contributed by atoms with E-state index in [0.717, 1.165) is 23.2 Å². The van der Waals surface area contributed by atoms with Crippen LogP contribution < -0.4 is 0 Å². The lowest BCUT2D eigenvalue weighted by atomic mass is 10.0. The van der Waals surface area contributed by atoms with E-state index < -0.39 is 11.7 Å². The van der Waals surface area contributed by atoms with Crippen molar-refractivity contribution in [3.8, 4) is 11.1 Å². The largest absolute Gasteiger partial charge is 0.416 e. The number of alkyl halides is 3. The van der Waals surface area contributed by atoms with Gasteiger partial charge in [-0.2, -0.15) is 13.2 Å². The molecule has 0 radical (unpaired) electrons. The molecule has 3 rings (SSSR count). The summed E-state index contributed by atoms with van der Waals surface area (Å²) in [6.45, 7) is 0. The van der Waals surface area contributed by atoms with Gasteiger partial charge >= 0.3 is 6.18 Å². The number of rotatable bonds is 1. The summed E-state index contributed by atoms with van der Waals surface area (Å²) in [4.78, 5) is 0. The zero-order chi connectivity index (χ0) is 14.3. The molecule has 1 heterocycles. The second-order valence-corrected chi connectivity index (χ2v) is 4.46. The quantitative estimate of drug-likeness (QED) is 0.679. The third kappa shape index (κ3) is 2.03. The van der Waals surface area contributed by atoms with Crippen LogP contribution in [0.1, 0.15) is 5.56 Å². The van der Waals surface area contributed by atoms with Crippen molar-refractivity contribution in [3.63, 3.8) is 0 Å². The van der Waals surface area contributed by atoms with Gasteiger partial charge in [-0.05, 0) is 23.8 Å². The summed E-state index contributed by atoms with van der Waals surface area (Å²) in [7, 11) is 1.75. The van der Waals surface area contributed by atoms with Gasteiger partial charge in [0.2, 0.25) is 0 Å².